The van der Waals surface area contributed by atoms with Crippen molar-refractivity contribution in [1.82, 2.24) is 10.6 Å². The third-order valence-electron chi connectivity index (χ3n) is 4.03. The molecule has 0 aliphatic carbocycles. The van der Waals surface area contributed by atoms with Crippen molar-refractivity contribution < 1.29 is 19.1 Å². The average molecular weight is 433 g/mol. The first-order valence-corrected chi connectivity index (χ1v) is 9.71. The van der Waals surface area contributed by atoms with Gasteiger partial charge in [-0.15, -0.1) is 0 Å². The molecule has 0 fully saturated rings. The van der Waals surface area contributed by atoms with Crippen LogP contribution in [0, 0.1) is 0 Å². The lowest BCUT2D eigenvalue weighted by Gasteiger charge is -2.19. The van der Waals surface area contributed by atoms with Gasteiger partial charge in [0.15, 0.2) is 0 Å². The molecule has 0 aromatic heterocycles. The number of halogens is 1. The van der Waals surface area contributed by atoms with E-state index in [-0.39, 0.29) is 29.7 Å². The largest absolute Gasteiger partial charge is 0.489 e. The highest BCUT2D eigenvalue weighted by atomic mass is 35.5. The van der Waals surface area contributed by atoms with Crippen LogP contribution in [0.15, 0.2) is 42.5 Å². The van der Waals surface area contributed by atoms with E-state index in [1.807, 2.05) is 13.8 Å². The number of benzene rings is 2. The van der Waals surface area contributed by atoms with E-state index in [0.29, 0.717) is 11.4 Å². The third kappa shape index (κ3) is 6.97. The molecule has 30 heavy (non-hydrogen) atoms. The smallest absolute Gasteiger partial charge is 0.251 e. The number of carbonyl (C=O) groups is 3. The Morgan fingerprint density at radius 3 is 2.33 bits per heavy atom. The molecule has 0 aliphatic rings. The number of carbonyl (C=O) groups excluding carboxylic acids is 3. The molecule has 0 spiro atoms. The van der Waals surface area contributed by atoms with Crippen molar-refractivity contribution in [3.05, 3.63) is 58.6 Å². The summed E-state index contributed by atoms with van der Waals surface area (Å²) in [5.74, 6) is -1.26. The van der Waals surface area contributed by atoms with Crippen LogP contribution in [0.5, 0.6) is 5.75 Å². The van der Waals surface area contributed by atoms with Gasteiger partial charge in [0.25, 0.3) is 5.91 Å². The molecule has 2 aromatic carbocycles. The highest BCUT2D eigenvalue weighted by Gasteiger charge is 2.23. The van der Waals surface area contributed by atoms with Crippen LogP contribution in [-0.2, 0) is 16.0 Å². The minimum Gasteiger partial charge on any atom is -0.489 e. The quantitative estimate of drug-likeness (QED) is 0.446. The van der Waals surface area contributed by atoms with Crippen molar-refractivity contribution in [2.24, 2.45) is 5.73 Å². The molecule has 8 nitrogen and oxygen atoms in total. The second-order valence-electron chi connectivity index (χ2n) is 6.97. The fourth-order valence-electron chi connectivity index (χ4n) is 2.63. The molecular formula is C21H25ClN4O4. The predicted octanol–water partition coefficient (Wildman–Crippen LogP) is 1.65. The number of primary amides is 1. The Kier molecular flexibility index (Phi) is 8.06. The average Bonchev–Trinajstić information content (AvgIpc) is 2.68. The standard InChI is InChI=1S/C21H25ClN4O4/c1-12(2)30-18-8-5-14(10-16(18)22)20(28)26-17(21(29)25-11-19(24)27)9-13-3-6-15(23)7-4-13/h3-8,10,12,17H,9,11,23H2,1-2H3,(H2,24,27)(H,25,29)(H,26,28). The molecule has 0 saturated carbocycles. The summed E-state index contributed by atoms with van der Waals surface area (Å²) in [6.45, 7) is 3.40. The van der Waals surface area contributed by atoms with Crippen LogP contribution in [0.3, 0.4) is 0 Å². The number of amides is 3. The van der Waals surface area contributed by atoms with E-state index in [1.165, 1.54) is 6.07 Å². The van der Waals surface area contributed by atoms with E-state index in [4.69, 9.17) is 27.8 Å². The summed E-state index contributed by atoms with van der Waals surface area (Å²) in [7, 11) is 0. The van der Waals surface area contributed by atoms with Gasteiger partial charge in [-0.3, -0.25) is 14.4 Å². The van der Waals surface area contributed by atoms with Gasteiger partial charge in [-0.2, -0.15) is 0 Å². The first kappa shape index (κ1) is 23.0. The SMILES string of the molecule is CC(C)Oc1ccc(C(=O)NC(Cc2ccc(N)cc2)C(=O)NCC(N)=O)cc1Cl. The zero-order chi connectivity index (χ0) is 22.3. The molecule has 1 unspecified atom stereocenters. The third-order valence-corrected chi connectivity index (χ3v) is 4.33. The zero-order valence-electron chi connectivity index (χ0n) is 16.8. The molecular weight excluding hydrogens is 408 g/mol. The Bertz CT molecular complexity index is 916. The fraction of sp³-hybridized carbons (Fsp3) is 0.286. The van der Waals surface area contributed by atoms with Crippen molar-refractivity contribution >= 4 is 35.0 Å². The minimum absolute atomic E-state index is 0.0691. The normalized spacial score (nSPS) is 11.6. The van der Waals surface area contributed by atoms with E-state index in [2.05, 4.69) is 10.6 Å². The van der Waals surface area contributed by atoms with Gasteiger partial charge in [-0.25, -0.2) is 0 Å². The van der Waals surface area contributed by atoms with Crippen LogP contribution in [-0.4, -0.2) is 36.4 Å². The molecule has 0 bridgehead atoms. The maximum atomic E-state index is 12.7. The lowest BCUT2D eigenvalue weighted by atomic mass is 10.0. The lowest BCUT2D eigenvalue weighted by Crippen LogP contribution is -2.49. The number of nitrogens with two attached hydrogens (primary N) is 2. The van der Waals surface area contributed by atoms with Crippen LogP contribution >= 0.6 is 11.6 Å². The maximum absolute atomic E-state index is 12.7. The number of rotatable bonds is 9. The van der Waals surface area contributed by atoms with Gasteiger partial charge >= 0.3 is 0 Å². The van der Waals surface area contributed by atoms with Gasteiger partial charge in [0.05, 0.1) is 17.7 Å². The van der Waals surface area contributed by atoms with Crippen LogP contribution < -0.4 is 26.8 Å². The Morgan fingerprint density at radius 2 is 1.77 bits per heavy atom. The summed E-state index contributed by atoms with van der Waals surface area (Å²) in [5, 5.41) is 5.37. The van der Waals surface area contributed by atoms with Crippen molar-refractivity contribution in [3.8, 4) is 5.75 Å². The molecule has 3 amide bonds. The minimum atomic E-state index is -0.939. The van der Waals surface area contributed by atoms with Crippen LogP contribution in [0.4, 0.5) is 5.69 Å². The molecule has 6 N–H and O–H groups in total. The summed E-state index contributed by atoms with van der Waals surface area (Å²) in [6.07, 6.45) is 0.124. The van der Waals surface area contributed by atoms with Crippen LogP contribution in [0.2, 0.25) is 5.02 Å². The molecule has 0 radical (unpaired) electrons. The first-order valence-electron chi connectivity index (χ1n) is 9.33. The number of anilines is 1. The Hall–Kier alpha value is -3.26. The van der Waals surface area contributed by atoms with Gasteiger partial charge in [0, 0.05) is 17.7 Å². The Morgan fingerprint density at radius 1 is 1.10 bits per heavy atom. The van der Waals surface area contributed by atoms with E-state index >= 15 is 0 Å². The zero-order valence-corrected chi connectivity index (χ0v) is 17.5. The number of ether oxygens (including phenoxy) is 1. The van der Waals surface area contributed by atoms with Crippen molar-refractivity contribution in [1.29, 1.82) is 0 Å². The number of nitrogen functional groups attached to an aromatic ring is 1. The maximum Gasteiger partial charge on any atom is 0.251 e. The monoisotopic (exact) mass is 432 g/mol. The van der Waals surface area contributed by atoms with Crippen LogP contribution in [0.1, 0.15) is 29.8 Å². The van der Waals surface area contributed by atoms with Crippen LogP contribution in [0.25, 0.3) is 0 Å². The molecule has 0 saturated heterocycles. The van der Waals surface area contributed by atoms with E-state index < -0.39 is 23.8 Å². The van der Waals surface area contributed by atoms with Gasteiger partial charge in [-0.1, -0.05) is 23.7 Å². The molecule has 0 aliphatic heterocycles. The molecule has 160 valence electrons. The topological polar surface area (TPSA) is 137 Å². The molecule has 0 heterocycles. The van der Waals surface area contributed by atoms with Crippen molar-refractivity contribution in [2.75, 3.05) is 12.3 Å². The summed E-state index contributed by atoms with van der Waals surface area (Å²) >= 11 is 6.20. The Balaban J connectivity index is 2.17. The first-order chi connectivity index (χ1) is 14.2. The highest BCUT2D eigenvalue weighted by molar-refractivity contribution is 6.32. The summed E-state index contributed by atoms with van der Waals surface area (Å²) in [4.78, 5) is 36.2. The summed E-state index contributed by atoms with van der Waals surface area (Å²) in [5.41, 5.74) is 12.4. The summed E-state index contributed by atoms with van der Waals surface area (Å²) in [6, 6.07) is 10.6. The second kappa shape index (κ2) is 10.5. The Labute approximate surface area is 179 Å². The van der Waals surface area contributed by atoms with Crippen molar-refractivity contribution in [3.63, 3.8) is 0 Å². The molecule has 1 atom stereocenters. The number of hydrogen-bond donors (Lipinski definition) is 4. The van der Waals surface area contributed by atoms with Gasteiger partial charge in [0.1, 0.15) is 11.8 Å². The van der Waals surface area contributed by atoms with E-state index in [0.717, 1.165) is 5.56 Å². The van der Waals surface area contributed by atoms with Gasteiger partial charge in [-0.05, 0) is 49.7 Å². The number of hydrogen-bond acceptors (Lipinski definition) is 5. The highest BCUT2D eigenvalue weighted by Crippen LogP contribution is 2.26. The number of nitrogens with one attached hydrogen (secondary N) is 2. The van der Waals surface area contributed by atoms with E-state index in [1.54, 1.807) is 36.4 Å². The molecule has 2 rings (SSSR count). The van der Waals surface area contributed by atoms with Gasteiger partial charge in [0.2, 0.25) is 11.8 Å². The predicted molar refractivity (Wildman–Crippen MR) is 115 cm³/mol. The van der Waals surface area contributed by atoms with Gasteiger partial charge < -0.3 is 26.8 Å². The summed E-state index contributed by atoms with van der Waals surface area (Å²) < 4.78 is 5.56. The van der Waals surface area contributed by atoms with Crippen molar-refractivity contribution in [2.45, 2.75) is 32.4 Å². The molecule has 2 aromatic rings. The van der Waals surface area contributed by atoms with E-state index in [9.17, 15) is 14.4 Å². The molecule has 9 heteroatoms. The fourth-order valence-corrected chi connectivity index (χ4v) is 2.85. The second-order valence-corrected chi connectivity index (χ2v) is 7.37. The lowest BCUT2D eigenvalue weighted by molar-refractivity contribution is -0.126.